The highest BCUT2D eigenvalue weighted by Crippen LogP contribution is 2.46. The predicted octanol–water partition coefficient (Wildman–Crippen LogP) is 7.17. The number of carbonyl (C=O) groups is 2. The number of hydrogen-bond acceptors (Lipinski definition) is 6. The molecule has 0 saturated carbocycles. The van der Waals surface area contributed by atoms with Crippen molar-refractivity contribution in [1.82, 2.24) is 4.98 Å². The number of fused-ring (bicyclic) bond motifs is 2. The Bertz CT molecular complexity index is 1710. The first-order valence-electron chi connectivity index (χ1n) is 12.1. The fourth-order valence-electron chi connectivity index (χ4n) is 5.21. The Hall–Kier alpha value is -3.39. The third-order valence-electron chi connectivity index (χ3n) is 6.90. The standard InChI is InChI=1S/C29H22Cl2N2O4S/c1-13-8-14(2)24-22(9-13)38-29(32-24)33-25(16-4-6-19(30)20(31)12-16)23(27(35)28(33)36)26(34)17-5-7-21-18(11-17)10-15(3)37-21/h4-9,11-12,15,25,34H,10H2,1-3H3/t15-,25+/m0/s1. The normalized spacial score (nSPS) is 20.3. The predicted molar refractivity (Wildman–Crippen MR) is 151 cm³/mol. The molecular formula is C29H22Cl2N2O4S. The quantitative estimate of drug-likeness (QED) is 0.162. The summed E-state index contributed by atoms with van der Waals surface area (Å²) in [7, 11) is 0. The van der Waals surface area contributed by atoms with E-state index in [4.69, 9.17) is 32.9 Å². The number of amides is 1. The Morgan fingerprint density at radius 2 is 1.87 bits per heavy atom. The van der Waals surface area contributed by atoms with E-state index < -0.39 is 17.7 Å². The number of halogens is 2. The first kappa shape index (κ1) is 24.9. The van der Waals surface area contributed by atoms with E-state index in [1.807, 2.05) is 32.9 Å². The lowest BCUT2D eigenvalue weighted by Gasteiger charge is -2.23. The van der Waals surface area contributed by atoms with Gasteiger partial charge in [0, 0.05) is 12.0 Å². The molecule has 1 amide bonds. The molecule has 2 aliphatic heterocycles. The molecule has 1 saturated heterocycles. The number of Topliss-reactive ketones (excluding diaryl/α,β-unsaturated/α-hetero) is 1. The largest absolute Gasteiger partial charge is 0.507 e. The second-order valence-electron chi connectivity index (χ2n) is 9.72. The van der Waals surface area contributed by atoms with Crippen LogP contribution >= 0.6 is 34.5 Å². The van der Waals surface area contributed by atoms with Gasteiger partial charge < -0.3 is 9.84 Å². The number of thiazole rings is 1. The van der Waals surface area contributed by atoms with E-state index in [1.165, 1.54) is 16.2 Å². The van der Waals surface area contributed by atoms with Crippen LogP contribution in [-0.2, 0) is 16.0 Å². The third-order valence-corrected chi connectivity index (χ3v) is 8.64. The van der Waals surface area contributed by atoms with Crippen molar-refractivity contribution >= 4 is 67.3 Å². The fourth-order valence-corrected chi connectivity index (χ4v) is 6.69. The summed E-state index contributed by atoms with van der Waals surface area (Å²) < 4.78 is 6.68. The van der Waals surface area contributed by atoms with Crippen molar-refractivity contribution in [2.24, 2.45) is 0 Å². The second-order valence-corrected chi connectivity index (χ2v) is 11.5. The summed E-state index contributed by atoms with van der Waals surface area (Å²) in [6.07, 6.45) is 0.709. The van der Waals surface area contributed by atoms with Crippen LogP contribution in [0, 0.1) is 13.8 Å². The summed E-state index contributed by atoms with van der Waals surface area (Å²) in [5.41, 5.74) is 4.66. The lowest BCUT2D eigenvalue weighted by Crippen LogP contribution is -2.29. The van der Waals surface area contributed by atoms with E-state index >= 15 is 0 Å². The van der Waals surface area contributed by atoms with E-state index in [0.717, 1.165) is 32.7 Å². The number of aryl methyl sites for hydroxylation is 2. The van der Waals surface area contributed by atoms with Crippen LogP contribution in [0.15, 0.2) is 54.1 Å². The number of aliphatic hydroxyl groups excluding tert-OH is 1. The lowest BCUT2D eigenvalue weighted by atomic mass is 9.94. The van der Waals surface area contributed by atoms with Crippen LogP contribution in [0.4, 0.5) is 5.13 Å². The van der Waals surface area contributed by atoms with Crippen LogP contribution in [-0.4, -0.2) is 27.9 Å². The average molecular weight is 565 g/mol. The van der Waals surface area contributed by atoms with Gasteiger partial charge in [-0.2, -0.15) is 0 Å². The van der Waals surface area contributed by atoms with E-state index in [1.54, 1.807) is 36.4 Å². The van der Waals surface area contributed by atoms with Crippen LogP contribution in [0.2, 0.25) is 10.0 Å². The molecule has 0 radical (unpaired) electrons. The minimum absolute atomic E-state index is 0.0234. The average Bonchev–Trinajstić information content (AvgIpc) is 3.53. The Balaban J connectivity index is 1.56. The highest BCUT2D eigenvalue weighted by molar-refractivity contribution is 7.22. The van der Waals surface area contributed by atoms with Crippen molar-refractivity contribution in [3.05, 3.63) is 92.0 Å². The summed E-state index contributed by atoms with van der Waals surface area (Å²) in [5, 5.41) is 12.5. The van der Waals surface area contributed by atoms with E-state index in [2.05, 4.69) is 0 Å². The molecule has 9 heteroatoms. The first-order valence-corrected chi connectivity index (χ1v) is 13.6. The molecule has 192 valence electrons. The maximum Gasteiger partial charge on any atom is 0.301 e. The molecule has 3 aromatic carbocycles. The Labute approximate surface area is 233 Å². The monoisotopic (exact) mass is 564 g/mol. The summed E-state index contributed by atoms with van der Waals surface area (Å²) in [4.78, 5) is 33.2. The highest BCUT2D eigenvalue weighted by atomic mass is 35.5. The zero-order valence-electron chi connectivity index (χ0n) is 20.7. The summed E-state index contributed by atoms with van der Waals surface area (Å²) in [5.74, 6) is -1.09. The molecule has 3 heterocycles. The molecule has 38 heavy (non-hydrogen) atoms. The van der Waals surface area contributed by atoms with E-state index in [-0.39, 0.29) is 22.5 Å². The lowest BCUT2D eigenvalue weighted by molar-refractivity contribution is -0.132. The zero-order chi connectivity index (χ0) is 26.9. The number of ketones is 1. The minimum Gasteiger partial charge on any atom is -0.507 e. The number of aromatic nitrogens is 1. The fraction of sp³-hybridized carbons (Fsp3) is 0.207. The second kappa shape index (κ2) is 9.12. The number of carbonyl (C=O) groups excluding carboxylic acids is 2. The Morgan fingerprint density at radius 3 is 2.63 bits per heavy atom. The molecule has 0 aliphatic carbocycles. The molecule has 1 aromatic heterocycles. The van der Waals surface area contributed by atoms with E-state index in [0.29, 0.717) is 27.7 Å². The Morgan fingerprint density at radius 1 is 1.08 bits per heavy atom. The molecular weight excluding hydrogens is 543 g/mol. The zero-order valence-corrected chi connectivity index (χ0v) is 23.0. The number of nitrogens with zero attached hydrogens (tertiary/aromatic N) is 2. The molecule has 1 fully saturated rings. The minimum atomic E-state index is -0.949. The van der Waals surface area contributed by atoms with Crippen molar-refractivity contribution in [3.8, 4) is 5.75 Å². The van der Waals surface area contributed by atoms with Crippen molar-refractivity contribution < 1.29 is 19.4 Å². The van der Waals surface area contributed by atoms with Crippen LogP contribution in [0.3, 0.4) is 0 Å². The number of aliphatic hydroxyl groups is 1. The number of anilines is 1. The molecule has 1 N–H and O–H groups in total. The van der Waals surface area contributed by atoms with Gasteiger partial charge >= 0.3 is 5.91 Å². The van der Waals surface area contributed by atoms with Gasteiger partial charge in [-0.25, -0.2) is 4.98 Å². The number of hydrogen-bond donors (Lipinski definition) is 1. The molecule has 0 bridgehead atoms. The van der Waals surface area contributed by atoms with Gasteiger partial charge in [0.05, 0.1) is 31.9 Å². The van der Waals surface area contributed by atoms with Crippen molar-refractivity contribution in [2.75, 3.05) is 4.90 Å². The van der Waals surface area contributed by atoms with E-state index in [9.17, 15) is 14.7 Å². The third kappa shape index (κ3) is 3.97. The summed E-state index contributed by atoms with van der Waals surface area (Å²) in [6.45, 7) is 5.93. The number of ether oxygens (including phenoxy) is 1. The maximum atomic E-state index is 13.6. The van der Waals surface area contributed by atoms with Gasteiger partial charge in [0.2, 0.25) is 0 Å². The van der Waals surface area contributed by atoms with Gasteiger partial charge in [0.15, 0.2) is 5.13 Å². The molecule has 2 atom stereocenters. The molecule has 6 rings (SSSR count). The molecule has 2 aliphatic rings. The van der Waals surface area contributed by atoms with Gasteiger partial charge in [0.25, 0.3) is 5.78 Å². The summed E-state index contributed by atoms with van der Waals surface area (Å²) >= 11 is 13.9. The topological polar surface area (TPSA) is 79.7 Å². The molecule has 0 spiro atoms. The van der Waals surface area contributed by atoms with Crippen molar-refractivity contribution in [3.63, 3.8) is 0 Å². The van der Waals surface area contributed by atoms with Gasteiger partial charge in [-0.15, -0.1) is 0 Å². The summed E-state index contributed by atoms with van der Waals surface area (Å²) in [6, 6.07) is 13.3. The van der Waals surface area contributed by atoms with Gasteiger partial charge in [-0.1, -0.05) is 46.7 Å². The van der Waals surface area contributed by atoms with Crippen LogP contribution in [0.25, 0.3) is 16.0 Å². The highest BCUT2D eigenvalue weighted by Gasteiger charge is 2.48. The van der Waals surface area contributed by atoms with Crippen LogP contribution < -0.4 is 9.64 Å². The van der Waals surface area contributed by atoms with Gasteiger partial charge in [-0.3, -0.25) is 14.5 Å². The maximum absolute atomic E-state index is 13.6. The first-order chi connectivity index (χ1) is 18.1. The number of rotatable bonds is 3. The Kier molecular flexibility index (Phi) is 5.98. The SMILES string of the molecule is Cc1cc(C)c2nc(N3C(=O)C(=O)C(=C(O)c4ccc5c(c4)C[C@H](C)O5)[C@H]3c3ccc(Cl)c(Cl)c3)sc2c1. The van der Waals surface area contributed by atoms with Gasteiger partial charge in [-0.05, 0) is 79.4 Å². The van der Waals surface area contributed by atoms with Crippen molar-refractivity contribution in [1.29, 1.82) is 0 Å². The van der Waals surface area contributed by atoms with Crippen LogP contribution in [0.1, 0.15) is 40.8 Å². The smallest absolute Gasteiger partial charge is 0.301 e. The van der Waals surface area contributed by atoms with Crippen LogP contribution in [0.5, 0.6) is 5.75 Å². The van der Waals surface area contributed by atoms with Gasteiger partial charge in [0.1, 0.15) is 17.6 Å². The molecule has 4 aromatic rings. The molecule has 6 nitrogen and oxygen atoms in total. The van der Waals surface area contributed by atoms with Crippen molar-refractivity contribution in [2.45, 2.75) is 39.3 Å². The number of benzene rings is 3. The molecule has 0 unspecified atom stereocenters.